The number of carbonyl (C=O) groups is 1. The van der Waals surface area contributed by atoms with E-state index in [0.29, 0.717) is 43.3 Å². The molecule has 0 aliphatic carbocycles. The molecule has 9 heteroatoms. The Bertz CT molecular complexity index is 1030. The molecule has 0 unspecified atom stereocenters. The number of aliphatic imine (C=N–C) groups is 1. The first-order chi connectivity index (χ1) is 14.8. The van der Waals surface area contributed by atoms with Gasteiger partial charge in [-0.05, 0) is 37.3 Å². The summed E-state index contributed by atoms with van der Waals surface area (Å²) in [6.07, 6.45) is -4.48. The Morgan fingerprint density at radius 2 is 1.81 bits per heavy atom. The summed E-state index contributed by atoms with van der Waals surface area (Å²) in [4.78, 5) is 20.4. The molecular weight excluding hydrogens is 411 g/mol. The second-order valence-electron chi connectivity index (χ2n) is 7.52. The first-order valence-electron chi connectivity index (χ1n) is 9.87. The number of nitrogens with zero attached hydrogens (tertiary/aromatic N) is 3. The molecule has 0 aromatic heterocycles. The van der Waals surface area contributed by atoms with Crippen molar-refractivity contribution in [1.82, 2.24) is 9.80 Å². The van der Waals surface area contributed by atoms with Gasteiger partial charge in [0, 0.05) is 33.3 Å². The van der Waals surface area contributed by atoms with Gasteiger partial charge < -0.3 is 19.3 Å². The van der Waals surface area contributed by atoms with Crippen molar-refractivity contribution in [3.05, 3.63) is 53.1 Å². The fourth-order valence-electron chi connectivity index (χ4n) is 3.69. The number of amides is 1. The highest BCUT2D eigenvalue weighted by Crippen LogP contribution is 2.42. The van der Waals surface area contributed by atoms with Crippen LogP contribution in [0.1, 0.15) is 16.7 Å². The van der Waals surface area contributed by atoms with E-state index in [1.54, 1.807) is 11.0 Å². The summed E-state index contributed by atoms with van der Waals surface area (Å²) in [5.74, 6) is 1.24. The van der Waals surface area contributed by atoms with Crippen molar-refractivity contribution in [1.29, 1.82) is 0 Å². The van der Waals surface area contributed by atoms with Gasteiger partial charge in [0.25, 0.3) is 0 Å². The van der Waals surface area contributed by atoms with Crippen LogP contribution in [0.3, 0.4) is 0 Å². The molecule has 2 aliphatic rings. The summed E-state index contributed by atoms with van der Waals surface area (Å²) >= 11 is 0. The third-order valence-corrected chi connectivity index (χ3v) is 5.31. The van der Waals surface area contributed by atoms with E-state index in [0.717, 1.165) is 17.7 Å². The number of carbonyl (C=O) groups excluding carboxylic acids is 1. The second-order valence-corrected chi connectivity index (χ2v) is 7.52. The fourth-order valence-corrected chi connectivity index (χ4v) is 3.69. The molecule has 2 aromatic carbocycles. The van der Waals surface area contributed by atoms with Gasteiger partial charge in [0.2, 0.25) is 5.91 Å². The summed E-state index contributed by atoms with van der Waals surface area (Å²) < 4.78 is 50.6. The summed E-state index contributed by atoms with van der Waals surface area (Å²) in [6, 6.07) is 8.89. The van der Waals surface area contributed by atoms with Crippen LogP contribution in [0.25, 0.3) is 0 Å². The van der Waals surface area contributed by atoms with Crippen LogP contribution in [-0.2, 0) is 15.7 Å². The van der Waals surface area contributed by atoms with E-state index in [2.05, 4.69) is 4.99 Å². The van der Waals surface area contributed by atoms with Crippen molar-refractivity contribution in [3.63, 3.8) is 0 Å². The number of rotatable bonds is 2. The van der Waals surface area contributed by atoms with E-state index < -0.39 is 11.7 Å². The van der Waals surface area contributed by atoms with Crippen LogP contribution < -0.4 is 4.74 Å². The average molecular weight is 433 g/mol. The van der Waals surface area contributed by atoms with Crippen LogP contribution in [0.2, 0.25) is 0 Å². The first kappa shape index (κ1) is 21.2. The zero-order chi connectivity index (χ0) is 22.2. The maximum atomic E-state index is 13.3. The lowest BCUT2D eigenvalue weighted by molar-refractivity contribution is -0.137. The van der Waals surface area contributed by atoms with Crippen LogP contribution in [0.5, 0.6) is 11.5 Å². The number of hydrogen-bond acceptors (Lipinski definition) is 5. The van der Waals surface area contributed by atoms with Gasteiger partial charge in [-0.15, -0.1) is 0 Å². The molecule has 6 nitrogen and oxygen atoms in total. The molecule has 4 rings (SSSR count). The Kier molecular flexibility index (Phi) is 5.62. The number of halogens is 3. The van der Waals surface area contributed by atoms with Crippen molar-refractivity contribution in [2.24, 2.45) is 4.99 Å². The number of hydrogen-bond donors (Lipinski definition) is 0. The van der Waals surface area contributed by atoms with Gasteiger partial charge in [0.05, 0.1) is 11.1 Å². The van der Waals surface area contributed by atoms with E-state index in [1.807, 2.05) is 24.0 Å². The molecule has 0 atom stereocenters. The van der Waals surface area contributed by atoms with Crippen LogP contribution in [-0.4, -0.2) is 61.4 Å². The van der Waals surface area contributed by atoms with Crippen molar-refractivity contribution >= 4 is 17.4 Å². The lowest BCUT2D eigenvalue weighted by atomic mass is 10.1. The summed E-state index contributed by atoms with van der Waals surface area (Å²) in [5, 5.41) is 0. The molecule has 0 spiro atoms. The minimum atomic E-state index is -4.48. The van der Waals surface area contributed by atoms with Crippen molar-refractivity contribution in [3.8, 4) is 11.5 Å². The Hall–Kier alpha value is -3.07. The van der Waals surface area contributed by atoms with E-state index in [4.69, 9.17) is 9.47 Å². The van der Waals surface area contributed by atoms with Gasteiger partial charge in [-0.25, -0.2) is 4.99 Å². The number of fused-ring (bicyclic) bond motifs is 2. The Morgan fingerprint density at radius 3 is 2.48 bits per heavy atom. The van der Waals surface area contributed by atoms with Gasteiger partial charge in [0.1, 0.15) is 23.9 Å². The zero-order valence-electron chi connectivity index (χ0n) is 17.2. The third kappa shape index (κ3) is 4.36. The molecule has 1 saturated heterocycles. The molecule has 1 fully saturated rings. The quantitative estimate of drug-likeness (QED) is 0.719. The predicted octanol–water partition coefficient (Wildman–Crippen LogP) is 3.99. The fraction of sp³-hybridized carbons (Fsp3) is 0.364. The molecule has 0 radical (unpaired) electrons. The molecule has 2 aromatic rings. The molecule has 2 aliphatic heterocycles. The molecule has 0 N–H and O–H groups in total. The summed E-state index contributed by atoms with van der Waals surface area (Å²) in [7, 11) is 1.47. The maximum absolute atomic E-state index is 13.3. The molecule has 164 valence electrons. The Labute approximate surface area is 177 Å². The molecule has 2 heterocycles. The summed E-state index contributed by atoms with van der Waals surface area (Å²) in [5.41, 5.74) is 1.03. The minimum absolute atomic E-state index is 0.0183. The van der Waals surface area contributed by atoms with Crippen molar-refractivity contribution in [2.45, 2.75) is 13.1 Å². The Balaban J connectivity index is 1.72. The highest BCUT2D eigenvalue weighted by molar-refractivity contribution is 6.04. The number of methoxy groups -OCH3 is 1. The van der Waals surface area contributed by atoms with Crippen molar-refractivity contribution < 1.29 is 27.4 Å². The molecule has 1 amide bonds. The highest BCUT2D eigenvalue weighted by atomic mass is 19.4. The number of piperazine rings is 1. The molecule has 31 heavy (non-hydrogen) atoms. The average Bonchev–Trinajstić information content (AvgIpc) is 2.89. The van der Waals surface area contributed by atoms with E-state index in [-0.39, 0.29) is 24.0 Å². The molecular formula is C22H22F3N3O3. The van der Waals surface area contributed by atoms with E-state index in [1.165, 1.54) is 13.2 Å². The van der Waals surface area contributed by atoms with Crippen LogP contribution in [0.15, 0.2) is 41.4 Å². The number of alkyl halides is 3. The van der Waals surface area contributed by atoms with Crippen LogP contribution >= 0.6 is 0 Å². The highest BCUT2D eigenvalue weighted by Gasteiger charge is 2.33. The number of amidine groups is 1. The second kappa shape index (κ2) is 8.22. The number of benzene rings is 2. The Morgan fingerprint density at radius 1 is 1.10 bits per heavy atom. The zero-order valence-corrected chi connectivity index (χ0v) is 17.2. The number of ether oxygens (including phenoxy) is 2. The topological polar surface area (TPSA) is 54.4 Å². The van der Waals surface area contributed by atoms with Gasteiger partial charge in [-0.1, -0.05) is 11.6 Å². The van der Waals surface area contributed by atoms with E-state index in [9.17, 15) is 18.0 Å². The van der Waals surface area contributed by atoms with Gasteiger partial charge in [-0.3, -0.25) is 4.79 Å². The SMILES string of the molecule is COCC(=O)N1CCN(C2=Nc3cc(C(F)(F)F)ccc3Oc3ccc(C)cc32)CC1. The maximum Gasteiger partial charge on any atom is 0.416 e. The first-order valence-corrected chi connectivity index (χ1v) is 9.87. The molecule has 0 saturated carbocycles. The van der Waals surface area contributed by atoms with Gasteiger partial charge >= 0.3 is 6.18 Å². The lowest BCUT2D eigenvalue weighted by Gasteiger charge is -2.36. The smallest absolute Gasteiger partial charge is 0.416 e. The predicted molar refractivity (Wildman–Crippen MR) is 109 cm³/mol. The minimum Gasteiger partial charge on any atom is -0.454 e. The normalized spacial score (nSPS) is 16.1. The van der Waals surface area contributed by atoms with Crippen LogP contribution in [0.4, 0.5) is 18.9 Å². The third-order valence-electron chi connectivity index (χ3n) is 5.31. The number of aryl methyl sites for hydroxylation is 1. The largest absolute Gasteiger partial charge is 0.454 e. The lowest BCUT2D eigenvalue weighted by Crippen LogP contribution is -2.51. The standard InChI is InChI=1S/C22H22F3N3O3/c1-14-3-5-18-16(11-14)21(28-9-7-27(8-10-28)20(29)13-30-2)26-17-12-15(22(23,24)25)4-6-19(17)31-18/h3-6,11-12H,7-10,13H2,1-2H3. The van der Waals surface area contributed by atoms with Crippen LogP contribution in [0, 0.1) is 6.92 Å². The molecule has 0 bridgehead atoms. The van der Waals surface area contributed by atoms with E-state index >= 15 is 0 Å². The summed E-state index contributed by atoms with van der Waals surface area (Å²) in [6.45, 7) is 3.88. The van der Waals surface area contributed by atoms with Gasteiger partial charge in [0.15, 0.2) is 5.75 Å². The van der Waals surface area contributed by atoms with Crippen molar-refractivity contribution in [2.75, 3.05) is 39.9 Å². The van der Waals surface area contributed by atoms with Gasteiger partial charge in [-0.2, -0.15) is 13.2 Å². The monoisotopic (exact) mass is 433 g/mol.